The molecule has 0 fully saturated rings. The zero-order chi connectivity index (χ0) is 12.7. The Labute approximate surface area is 89.6 Å². The number of carbonyl (C=O) groups is 1. The third-order valence-corrected chi connectivity index (χ3v) is 1.85. The van der Waals surface area contributed by atoms with Crippen molar-refractivity contribution < 1.29 is 31.1 Å². The number of hydrogen-bond acceptors (Lipinski definition) is 1. The molecule has 0 spiro atoms. The van der Waals surface area contributed by atoms with E-state index in [9.17, 15) is 31.1 Å². The fourth-order valence-corrected chi connectivity index (χ4v) is 1.20. The summed E-state index contributed by atoms with van der Waals surface area (Å²) in [7, 11) is 0. The van der Waals surface area contributed by atoms with Crippen LogP contribution in [0, 0.1) is 17.5 Å². The number of halogens is 7. The Bertz CT molecular complexity index is 453. The van der Waals surface area contributed by atoms with Crippen LogP contribution in [-0.2, 0) is 6.18 Å². The molecule has 0 heterocycles. The minimum absolute atomic E-state index is 0.325. The first-order valence-corrected chi connectivity index (χ1v) is 3.98. The standard InChI is InChI=1S/C8HClF6O/c9-7(16)4-2(8(13,14)15)1-3(10)5(11)6(4)12/h1H. The molecule has 0 aliphatic carbocycles. The average molecular weight is 263 g/mol. The Morgan fingerprint density at radius 3 is 2.00 bits per heavy atom. The van der Waals surface area contributed by atoms with Gasteiger partial charge >= 0.3 is 6.18 Å². The van der Waals surface area contributed by atoms with Gasteiger partial charge in [-0.2, -0.15) is 13.2 Å². The van der Waals surface area contributed by atoms with E-state index in [0.29, 0.717) is 0 Å². The van der Waals surface area contributed by atoms with Crippen molar-refractivity contribution in [2.75, 3.05) is 0 Å². The van der Waals surface area contributed by atoms with E-state index >= 15 is 0 Å². The summed E-state index contributed by atoms with van der Waals surface area (Å²) in [6.45, 7) is 0. The average Bonchev–Trinajstić information content (AvgIpc) is 2.11. The molecule has 0 aliphatic rings. The van der Waals surface area contributed by atoms with Crippen LogP contribution in [-0.4, -0.2) is 5.24 Å². The molecule has 0 amide bonds. The largest absolute Gasteiger partial charge is 0.417 e. The molecule has 0 N–H and O–H groups in total. The summed E-state index contributed by atoms with van der Waals surface area (Å²) in [6.07, 6.45) is -5.21. The molecule has 0 radical (unpaired) electrons. The molecule has 8 heteroatoms. The van der Waals surface area contributed by atoms with Crippen LogP contribution in [0.15, 0.2) is 6.07 Å². The van der Waals surface area contributed by atoms with Gasteiger partial charge in [0, 0.05) is 0 Å². The molecular formula is C8HClF6O. The second-order valence-corrected chi connectivity index (χ2v) is 3.02. The van der Waals surface area contributed by atoms with Gasteiger partial charge in [-0.3, -0.25) is 4.79 Å². The van der Waals surface area contributed by atoms with Crippen LogP contribution in [0.25, 0.3) is 0 Å². The fraction of sp³-hybridized carbons (Fsp3) is 0.125. The highest BCUT2D eigenvalue weighted by Gasteiger charge is 2.39. The van der Waals surface area contributed by atoms with E-state index in [2.05, 4.69) is 11.6 Å². The van der Waals surface area contributed by atoms with Gasteiger partial charge in [0.1, 0.15) is 0 Å². The molecule has 1 aromatic rings. The lowest BCUT2D eigenvalue weighted by Gasteiger charge is -2.11. The lowest BCUT2D eigenvalue weighted by Crippen LogP contribution is -2.15. The molecule has 0 aromatic heterocycles. The third kappa shape index (κ3) is 2.13. The molecule has 16 heavy (non-hydrogen) atoms. The summed E-state index contributed by atoms with van der Waals surface area (Å²) in [5.41, 5.74) is -3.68. The van der Waals surface area contributed by atoms with Gasteiger partial charge in [0.2, 0.25) is 0 Å². The van der Waals surface area contributed by atoms with Crippen LogP contribution < -0.4 is 0 Å². The molecule has 1 aromatic carbocycles. The van der Waals surface area contributed by atoms with Gasteiger partial charge < -0.3 is 0 Å². The number of benzene rings is 1. The van der Waals surface area contributed by atoms with Gasteiger partial charge in [-0.25, -0.2) is 13.2 Å². The Kier molecular flexibility index (Phi) is 3.18. The highest BCUT2D eigenvalue weighted by atomic mass is 35.5. The van der Waals surface area contributed by atoms with E-state index in [-0.39, 0.29) is 6.07 Å². The predicted molar refractivity (Wildman–Crippen MR) is 41.5 cm³/mol. The molecule has 1 nitrogen and oxygen atoms in total. The minimum Gasteiger partial charge on any atom is -0.275 e. The molecule has 0 atom stereocenters. The topological polar surface area (TPSA) is 17.1 Å². The Balaban J connectivity index is 3.67. The summed E-state index contributed by atoms with van der Waals surface area (Å²) < 4.78 is 74.7. The van der Waals surface area contributed by atoms with E-state index < -0.39 is 40.0 Å². The van der Waals surface area contributed by atoms with Crippen molar-refractivity contribution in [2.45, 2.75) is 6.18 Å². The van der Waals surface area contributed by atoms with E-state index in [1.807, 2.05) is 0 Å². The first kappa shape index (κ1) is 12.8. The maximum Gasteiger partial charge on any atom is 0.417 e. The van der Waals surface area contributed by atoms with E-state index in [1.165, 1.54) is 0 Å². The number of hydrogen-bond donors (Lipinski definition) is 0. The lowest BCUT2D eigenvalue weighted by atomic mass is 10.1. The van der Waals surface area contributed by atoms with Gasteiger partial charge in [-0.1, -0.05) is 0 Å². The first-order valence-electron chi connectivity index (χ1n) is 3.60. The van der Waals surface area contributed by atoms with E-state index in [1.54, 1.807) is 0 Å². The van der Waals surface area contributed by atoms with Crippen molar-refractivity contribution in [1.82, 2.24) is 0 Å². The van der Waals surface area contributed by atoms with Gasteiger partial charge in [0.25, 0.3) is 5.24 Å². The lowest BCUT2D eigenvalue weighted by molar-refractivity contribution is -0.138. The van der Waals surface area contributed by atoms with Crippen LogP contribution >= 0.6 is 11.6 Å². The Hall–Kier alpha value is -1.24. The maximum absolute atomic E-state index is 12.9. The van der Waals surface area contributed by atoms with Gasteiger partial charge in [-0.05, 0) is 17.7 Å². The summed E-state index contributed by atoms with van der Waals surface area (Å²) in [5.74, 6) is -6.49. The smallest absolute Gasteiger partial charge is 0.275 e. The second kappa shape index (κ2) is 3.97. The van der Waals surface area contributed by atoms with Crippen LogP contribution in [0.3, 0.4) is 0 Å². The van der Waals surface area contributed by atoms with Gasteiger partial charge in [0.05, 0.1) is 11.1 Å². The fourth-order valence-electron chi connectivity index (χ4n) is 1.01. The quantitative estimate of drug-likeness (QED) is 0.430. The monoisotopic (exact) mass is 262 g/mol. The number of alkyl halides is 3. The molecule has 0 aliphatic heterocycles. The van der Waals surface area contributed by atoms with E-state index in [0.717, 1.165) is 0 Å². The molecule has 0 saturated heterocycles. The molecule has 1 rings (SSSR count). The maximum atomic E-state index is 12.9. The van der Waals surface area contributed by atoms with Gasteiger partial charge in [0.15, 0.2) is 17.5 Å². The molecular weight excluding hydrogens is 262 g/mol. The zero-order valence-corrected chi connectivity index (χ0v) is 7.89. The normalized spacial score (nSPS) is 11.7. The molecule has 0 unspecified atom stereocenters. The summed E-state index contributed by atoms with van der Waals surface area (Å²) in [6, 6.07) is -0.325. The molecule has 0 bridgehead atoms. The molecule has 0 saturated carbocycles. The van der Waals surface area contributed by atoms with Crippen LogP contribution in [0.4, 0.5) is 26.3 Å². The number of rotatable bonds is 1. The summed E-state index contributed by atoms with van der Waals surface area (Å²) in [5, 5.41) is -1.86. The highest BCUT2D eigenvalue weighted by Crippen LogP contribution is 2.35. The van der Waals surface area contributed by atoms with E-state index in [4.69, 9.17) is 0 Å². The van der Waals surface area contributed by atoms with Crippen molar-refractivity contribution in [3.05, 3.63) is 34.6 Å². The molecule has 88 valence electrons. The summed E-state index contributed by atoms with van der Waals surface area (Å²) >= 11 is 4.68. The van der Waals surface area contributed by atoms with Crippen LogP contribution in [0.2, 0.25) is 0 Å². The second-order valence-electron chi connectivity index (χ2n) is 2.68. The summed E-state index contributed by atoms with van der Waals surface area (Å²) in [4.78, 5) is 10.5. The van der Waals surface area contributed by atoms with Gasteiger partial charge in [-0.15, -0.1) is 0 Å². The number of carbonyl (C=O) groups excluding carboxylic acids is 1. The third-order valence-electron chi connectivity index (χ3n) is 1.66. The van der Waals surface area contributed by atoms with Crippen molar-refractivity contribution in [3.63, 3.8) is 0 Å². The minimum atomic E-state index is -5.21. The highest BCUT2D eigenvalue weighted by molar-refractivity contribution is 6.68. The predicted octanol–water partition coefficient (Wildman–Crippen LogP) is 3.50. The Morgan fingerprint density at radius 2 is 1.62 bits per heavy atom. The van der Waals surface area contributed by atoms with Crippen molar-refractivity contribution >= 4 is 16.8 Å². The van der Waals surface area contributed by atoms with Crippen molar-refractivity contribution in [1.29, 1.82) is 0 Å². The van der Waals surface area contributed by atoms with Crippen LogP contribution in [0.1, 0.15) is 15.9 Å². The van der Waals surface area contributed by atoms with Crippen molar-refractivity contribution in [3.8, 4) is 0 Å². The van der Waals surface area contributed by atoms with Crippen molar-refractivity contribution in [2.24, 2.45) is 0 Å². The Morgan fingerprint density at radius 1 is 1.12 bits per heavy atom. The SMILES string of the molecule is O=C(Cl)c1c(C(F)(F)F)cc(F)c(F)c1F. The first-order chi connectivity index (χ1) is 7.16. The zero-order valence-electron chi connectivity index (χ0n) is 7.13. The van der Waals surface area contributed by atoms with Crippen LogP contribution in [0.5, 0.6) is 0 Å².